The zero-order valence-corrected chi connectivity index (χ0v) is 15.9. The third-order valence-electron chi connectivity index (χ3n) is 4.58. The first-order chi connectivity index (χ1) is 13.2. The Labute approximate surface area is 162 Å². The Morgan fingerprint density at radius 2 is 1.85 bits per heavy atom. The molecule has 3 heterocycles. The van der Waals surface area contributed by atoms with Crippen molar-refractivity contribution in [3.63, 3.8) is 0 Å². The summed E-state index contributed by atoms with van der Waals surface area (Å²) < 4.78 is 9.67. The molecule has 9 heteroatoms. The fourth-order valence-electron chi connectivity index (χ4n) is 3.08. The monoisotopic (exact) mass is 383 g/mol. The van der Waals surface area contributed by atoms with E-state index in [-0.39, 0.29) is 0 Å². The molecule has 27 heavy (non-hydrogen) atoms. The van der Waals surface area contributed by atoms with Gasteiger partial charge in [0.15, 0.2) is 0 Å². The Morgan fingerprint density at radius 1 is 1.07 bits per heavy atom. The van der Waals surface area contributed by atoms with Crippen LogP contribution in [-0.2, 0) is 6.67 Å². The molecule has 8 nitrogen and oxygen atoms in total. The molecule has 4 rings (SSSR count). The van der Waals surface area contributed by atoms with Gasteiger partial charge in [-0.2, -0.15) is 10.1 Å². The SMILES string of the molecule is COc1ccnc(N2CCN(Cn3ncn(-c4ccccc4)c3=S)CC2)n1. The molecule has 1 aliphatic heterocycles. The van der Waals surface area contributed by atoms with E-state index in [9.17, 15) is 0 Å². The molecule has 1 aromatic carbocycles. The summed E-state index contributed by atoms with van der Waals surface area (Å²) in [7, 11) is 1.61. The second-order valence-corrected chi connectivity index (χ2v) is 6.63. The van der Waals surface area contributed by atoms with E-state index in [0.29, 0.717) is 23.3 Å². The fraction of sp³-hybridized carbons (Fsp3) is 0.333. The lowest BCUT2D eigenvalue weighted by molar-refractivity contribution is 0.193. The van der Waals surface area contributed by atoms with Crippen molar-refractivity contribution in [2.24, 2.45) is 0 Å². The molecule has 0 aliphatic carbocycles. The van der Waals surface area contributed by atoms with Crippen molar-refractivity contribution in [2.75, 3.05) is 38.2 Å². The lowest BCUT2D eigenvalue weighted by Crippen LogP contribution is -2.47. The van der Waals surface area contributed by atoms with Crippen molar-refractivity contribution in [1.29, 1.82) is 0 Å². The van der Waals surface area contributed by atoms with E-state index in [2.05, 4.69) is 24.9 Å². The van der Waals surface area contributed by atoms with E-state index in [1.165, 1.54) is 0 Å². The molecule has 1 fully saturated rings. The first kappa shape index (κ1) is 17.6. The lowest BCUT2D eigenvalue weighted by Gasteiger charge is -2.34. The maximum atomic E-state index is 5.60. The van der Waals surface area contributed by atoms with Crippen molar-refractivity contribution < 1.29 is 4.74 Å². The van der Waals surface area contributed by atoms with Crippen LogP contribution in [0.3, 0.4) is 0 Å². The third kappa shape index (κ3) is 3.83. The van der Waals surface area contributed by atoms with Gasteiger partial charge < -0.3 is 9.64 Å². The number of piperazine rings is 1. The minimum absolute atomic E-state index is 0.584. The molecule has 140 valence electrons. The van der Waals surface area contributed by atoms with Crippen LogP contribution >= 0.6 is 12.2 Å². The number of hydrogen-bond acceptors (Lipinski definition) is 7. The fourth-order valence-corrected chi connectivity index (χ4v) is 3.33. The summed E-state index contributed by atoms with van der Waals surface area (Å²) in [4.78, 5) is 13.3. The Bertz CT molecular complexity index is 948. The summed E-state index contributed by atoms with van der Waals surface area (Å²) >= 11 is 5.60. The van der Waals surface area contributed by atoms with Crippen molar-refractivity contribution in [3.05, 3.63) is 53.7 Å². The Morgan fingerprint density at radius 3 is 2.59 bits per heavy atom. The lowest BCUT2D eigenvalue weighted by atomic mass is 10.3. The molecular weight excluding hydrogens is 362 g/mol. The number of nitrogens with zero attached hydrogens (tertiary/aromatic N) is 7. The van der Waals surface area contributed by atoms with Crippen LogP contribution in [0.1, 0.15) is 0 Å². The molecule has 2 aromatic heterocycles. The normalized spacial score (nSPS) is 15.1. The molecule has 3 aromatic rings. The number of methoxy groups -OCH3 is 1. The summed E-state index contributed by atoms with van der Waals surface area (Å²) in [5.74, 6) is 1.29. The maximum absolute atomic E-state index is 5.60. The number of aromatic nitrogens is 5. The van der Waals surface area contributed by atoms with Gasteiger partial charge in [0.25, 0.3) is 0 Å². The van der Waals surface area contributed by atoms with Gasteiger partial charge in [0.05, 0.1) is 13.8 Å². The predicted octanol–water partition coefficient (Wildman–Crippen LogP) is 1.98. The molecule has 0 amide bonds. The number of rotatable bonds is 5. The van der Waals surface area contributed by atoms with Crippen LogP contribution in [0.2, 0.25) is 0 Å². The van der Waals surface area contributed by atoms with Crippen molar-refractivity contribution in [2.45, 2.75) is 6.67 Å². The third-order valence-corrected chi connectivity index (χ3v) is 4.99. The number of anilines is 1. The van der Waals surface area contributed by atoms with Crippen molar-refractivity contribution >= 4 is 18.2 Å². The van der Waals surface area contributed by atoms with Crippen LogP contribution in [0.25, 0.3) is 5.69 Å². The van der Waals surface area contributed by atoms with E-state index in [1.54, 1.807) is 25.7 Å². The molecule has 0 N–H and O–H groups in total. The number of benzene rings is 1. The van der Waals surface area contributed by atoms with Gasteiger partial charge in [0.1, 0.15) is 6.33 Å². The topological polar surface area (TPSA) is 64.2 Å². The van der Waals surface area contributed by atoms with Crippen LogP contribution in [0.4, 0.5) is 5.95 Å². The van der Waals surface area contributed by atoms with Crippen LogP contribution < -0.4 is 9.64 Å². The quantitative estimate of drug-likeness (QED) is 0.624. The van der Waals surface area contributed by atoms with Crippen molar-refractivity contribution in [3.8, 4) is 11.6 Å². The predicted molar refractivity (Wildman–Crippen MR) is 105 cm³/mol. The highest BCUT2D eigenvalue weighted by atomic mass is 32.1. The van der Waals surface area contributed by atoms with Gasteiger partial charge in [0.2, 0.25) is 16.6 Å². The molecule has 0 unspecified atom stereocenters. The summed E-state index contributed by atoms with van der Waals surface area (Å²) in [5, 5.41) is 4.47. The van der Waals surface area contributed by atoms with Gasteiger partial charge >= 0.3 is 0 Å². The zero-order chi connectivity index (χ0) is 18.6. The molecule has 1 aliphatic rings. The molecule has 1 saturated heterocycles. The largest absolute Gasteiger partial charge is 0.481 e. The summed E-state index contributed by atoms with van der Waals surface area (Å²) in [6.07, 6.45) is 3.50. The van der Waals surface area contributed by atoms with Gasteiger partial charge in [-0.25, -0.2) is 9.67 Å². The summed E-state index contributed by atoms with van der Waals surface area (Å²) in [5.41, 5.74) is 1.02. The Balaban J connectivity index is 1.40. The maximum Gasteiger partial charge on any atom is 0.228 e. The smallest absolute Gasteiger partial charge is 0.228 e. The van der Waals surface area contributed by atoms with Crippen LogP contribution in [0.15, 0.2) is 48.9 Å². The average molecular weight is 383 g/mol. The highest BCUT2D eigenvalue weighted by Crippen LogP contribution is 2.15. The van der Waals surface area contributed by atoms with Gasteiger partial charge in [-0.15, -0.1) is 0 Å². The van der Waals surface area contributed by atoms with E-state index in [1.807, 2.05) is 39.6 Å². The van der Waals surface area contributed by atoms with Gasteiger partial charge in [-0.05, 0) is 24.4 Å². The molecule has 0 saturated carbocycles. The molecule has 0 radical (unpaired) electrons. The standard InChI is InChI=1S/C18H21N7OS/c1-26-16-7-8-19-17(21-16)23-11-9-22(10-12-23)14-25-18(27)24(13-20-25)15-5-3-2-4-6-15/h2-8,13H,9-12,14H2,1H3. The highest BCUT2D eigenvalue weighted by Gasteiger charge is 2.20. The number of ether oxygens (including phenoxy) is 1. The van der Waals surface area contributed by atoms with Crippen LogP contribution in [-0.4, -0.2) is 62.5 Å². The summed E-state index contributed by atoms with van der Waals surface area (Å²) in [6.45, 7) is 4.15. The van der Waals surface area contributed by atoms with Crippen LogP contribution in [0.5, 0.6) is 5.88 Å². The number of para-hydroxylation sites is 1. The van der Waals surface area contributed by atoms with Gasteiger partial charge in [-0.1, -0.05) is 18.2 Å². The number of hydrogen-bond donors (Lipinski definition) is 0. The second-order valence-electron chi connectivity index (χ2n) is 6.26. The minimum atomic E-state index is 0.584. The molecule has 0 atom stereocenters. The second kappa shape index (κ2) is 7.85. The van der Waals surface area contributed by atoms with E-state index < -0.39 is 0 Å². The summed E-state index contributed by atoms with van der Waals surface area (Å²) in [6, 6.07) is 11.8. The first-order valence-corrected chi connectivity index (χ1v) is 9.19. The van der Waals surface area contributed by atoms with E-state index in [4.69, 9.17) is 17.0 Å². The highest BCUT2D eigenvalue weighted by molar-refractivity contribution is 7.71. The average Bonchev–Trinajstić information content (AvgIpc) is 3.09. The Hall–Kier alpha value is -2.78. The minimum Gasteiger partial charge on any atom is -0.481 e. The zero-order valence-electron chi connectivity index (χ0n) is 15.1. The van der Waals surface area contributed by atoms with Crippen LogP contribution in [0, 0.1) is 4.77 Å². The van der Waals surface area contributed by atoms with E-state index in [0.717, 1.165) is 31.9 Å². The van der Waals surface area contributed by atoms with E-state index >= 15 is 0 Å². The Kier molecular flexibility index (Phi) is 5.12. The molecule has 0 spiro atoms. The first-order valence-electron chi connectivity index (χ1n) is 8.79. The molecular formula is C18H21N7OS. The van der Waals surface area contributed by atoms with Crippen molar-refractivity contribution in [1.82, 2.24) is 29.2 Å². The van der Waals surface area contributed by atoms with Gasteiger partial charge in [-0.3, -0.25) is 9.47 Å². The van der Waals surface area contributed by atoms with Gasteiger partial charge in [0, 0.05) is 44.1 Å². The molecule has 0 bridgehead atoms.